The van der Waals surface area contributed by atoms with E-state index in [0.29, 0.717) is 11.4 Å². The third-order valence-corrected chi connectivity index (χ3v) is 7.18. The molecule has 0 bridgehead atoms. The molecule has 0 saturated carbocycles. The number of β-amino-alcohol motifs (C(OH)–C–C–N with tert-alkyl or cyclic N) is 1. The number of benzene rings is 2. The maximum Gasteiger partial charge on any atom is 0.316 e. The monoisotopic (exact) mass is 565 g/mol. The van der Waals surface area contributed by atoms with Gasteiger partial charge in [0.15, 0.2) is 5.82 Å². The molecule has 2 atom stereocenters. The zero-order valence-electron chi connectivity index (χ0n) is 22.6. The minimum atomic E-state index is -0.824. The number of anilines is 2. The van der Waals surface area contributed by atoms with Gasteiger partial charge in [-0.25, -0.2) is 24.3 Å². The molecule has 1 aliphatic rings. The molecule has 0 radical (unpaired) electrons. The summed E-state index contributed by atoms with van der Waals surface area (Å²) < 4.78 is 21.9. The first kappa shape index (κ1) is 26.7. The molecule has 3 N–H and O–H groups in total. The first-order valence-electron chi connectivity index (χ1n) is 13.0. The maximum absolute atomic E-state index is 15.4. The molecular formula is C29H24FN9O3. The second-order valence-corrected chi connectivity index (χ2v) is 9.76. The predicted molar refractivity (Wildman–Crippen MR) is 151 cm³/mol. The van der Waals surface area contributed by atoms with Crippen LogP contribution in [0.5, 0.6) is 6.01 Å². The lowest BCUT2D eigenvalue weighted by Gasteiger charge is -2.28. The molecule has 1 aliphatic heterocycles. The van der Waals surface area contributed by atoms with Gasteiger partial charge >= 0.3 is 6.01 Å². The van der Waals surface area contributed by atoms with Crippen LogP contribution in [0.4, 0.5) is 16.2 Å². The number of nitrogens with two attached hydrogens (primary N) is 1. The lowest BCUT2D eigenvalue weighted by Crippen LogP contribution is -2.33. The highest BCUT2D eigenvalue weighted by molar-refractivity contribution is 5.94. The van der Waals surface area contributed by atoms with Gasteiger partial charge in [0, 0.05) is 36.5 Å². The fraction of sp³-hybridized carbons (Fsp3) is 0.207. The first-order valence-corrected chi connectivity index (χ1v) is 13.0. The van der Waals surface area contributed by atoms with Gasteiger partial charge in [0.25, 0.3) is 5.56 Å². The molecule has 1 saturated heterocycles. The van der Waals surface area contributed by atoms with E-state index in [2.05, 4.69) is 26.0 Å². The highest BCUT2D eigenvalue weighted by atomic mass is 19.1. The molecule has 2 aromatic carbocycles. The van der Waals surface area contributed by atoms with Crippen molar-refractivity contribution in [1.82, 2.24) is 29.5 Å². The van der Waals surface area contributed by atoms with Crippen molar-refractivity contribution in [2.24, 2.45) is 0 Å². The van der Waals surface area contributed by atoms with Gasteiger partial charge in [-0.3, -0.25) is 9.36 Å². The molecule has 5 aromatic rings. The average Bonchev–Trinajstić information content (AvgIpc) is 3.38. The third-order valence-electron chi connectivity index (χ3n) is 7.18. The number of hydrogen-bond donors (Lipinski definition) is 2. The van der Waals surface area contributed by atoms with Gasteiger partial charge in [0.05, 0.1) is 41.5 Å². The van der Waals surface area contributed by atoms with Crippen molar-refractivity contribution >= 4 is 22.7 Å². The van der Waals surface area contributed by atoms with Crippen LogP contribution < -0.4 is 20.9 Å². The van der Waals surface area contributed by atoms with Crippen LogP contribution in [-0.4, -0.2) is 54.4 Å². The number of aryl methyl sites for hydroxylation is 1. The number of para-hydroxylation sites is 1. The summed E-state index contributed by atoms with van der Waals surface area (Å²) in [6.45, 7) is 1.75. The summed E-state index contributed by atoms with van der Waals surface area (Å²) in [4.78, 5) is 37.6. The molecule has 42 heavy (non-hydrogen) atoms. The molecule has 0 aliphatic carbocycles. The fourth-order valence-electron chi connectivity index (χ4n) is 5.36. The molecule has 0 spiro atoms. The number of nitriles is 1. The van der Waals surface area contributed by atoms with Gasteiger partial charge in [-0.1, -0.05) is 18.2 Å². The van der Waals surface area contributed by atoms with Gasteiger partial charge < -0.3 is 20.5 Å². The molecule has 210 valence electrons. The van der Waals surface area contributed by atoms with E-state index >= 15 is 4.39 Å². The van der Waals surface area contributed by atoms with Crippen molar-refractivity contribution in [2.45, 2.75) is 25.5 Å². The Morgan fingerprint density at radius 1 is 1.12 bits per heavy atom. The summed E-state index contributed by atoms with van der Waals surface area (Å²) in [5.41, 5.74) is 6.97. The molecule has 6 rings (SSSR count). The van der Waals surface area contributed by atoms with Crippen LogP contribution in [0.3, 0.4) is 0 Å². The number of fused-ring (bicyclic) bond motifs is 1. The van der Waals surface area contributed by atoms with E-state index in [-0.39, 0.29) is 64.2 Å². The van der Waals surface area contributed by atoms with Crippen LogP contribution in [0.15, 0.2) is 59.7 Å². The van der Waals surface area contributed by atoms with Crippen LogP contribution in [0.1, 0.15) is 29.5 Å². The van der Waals surface area contributed by atoms with Crippen LogP contribution in [0, 0.1) is 24.1 Å². The van der Waals surface area contributed by atoms with E-state index in [1.807, 2.05) is 0 Å². The Bertz CT molecular complexity index is 1920. The molecule has 13 heteroatoms. The summed E-state index contributed by atoms with van der Waals surface area (Å²) in [5.74, 6) is -0.174. The molecule has 3 aromatic heterocycles. The first-order chi connectivity index (χ1) is 20.3. The molecule has 12 nitrogen and oxygen atoms in total. The highest BCUT2D eigenvalue weighted by Crippen LogP contribution is 2.38. The lowest BCUT2D eigenvalue weighted by molar-refractivity contribution is 0.193. The summed E-state index contributed by atoms with van der Waals surface area (Å²) in [5, 5.41) is 20.8. The van der Waals surface area contributed by atoms with Crippen LogP contribution >= 0.6 is 0 Å². The number of aliphatic hydroxyl groups excluding tert-OH is 1. The van der Waals surface area contributed by atoms with Crippen molar-refractivity contribution in [1.29, 1.82) is 5.26 Å². The predicted octanol–water partition coefficient (Wildman–Crippen LogP) is 2.86. The number of halogens is 1. The van der Waals surface area contributed by atoms with E-state index in [0.717, 1.165) is 0 Å². The van der Waals surface area contributed by atoms with E-state index in [9.17, 15) is 15.2 Å². The summed E-state index contributed by atoms with van der Waals surface area (Å²) >= 11 is 0. The SMILES string of the molecule is COc1ncc(-c2c(F)ccc3nc([C@H]4C[C@@H](O)CN4c4nc(N)nc(C)c4C#N)n(-c4ccccc4)c(=O)c23)cn1. The smallest absolute Gasteiger partial charge is 0.316 e. The number of hydrogen-bond acceptors (Lipinski definition) is 11. The number of nitrogens with zero attached hydrogens (tertiary/aromatic N) is 8. The number of rotatable bonds is 5. The second kappa shape index (κ2) is 10.5. The van der Waals surface area contributed by atoms with Gasteiger partial charge in [0.2, 0.25) is 5.95 Å². The van der Waals surface area contributed by atoms with Gasteiger partial charge in [0.1, 0.15) is 23.3 Å². The van der Waals surface area contributed by atoms with E-state index in [1.54, 1.807) is 42.2 Å². The Kier molecular flexibility index (Phi) is 6.68. The molecular weight excluding hydrogens is 541 g/mol. The third kappa shape index (κ3) is 4.43. The summed E-state index contributed by atoms with van der Waals surface area (Å²) in [6, 6.07) is 13.0. The van der Waals surface area contributed by atoms with Crippen LogP contribution in [-0.2, 0) is 0 Å². The average molecular weight is 566 g/mol. The number of nitrogen functional groups attached to an aromatic ring is 1. The fourth-order valence-corrected chi connectivity index (χ4v) is 5.36. The second-order valence-electron chi connectivity index (χ2n) is 9.76. The van der Waals surface area contributed by atoms with E-state index < -0.39 is 23.5 Å². The van der Waals surface area contributed by atoms with Crippen molar-refractivity contribution in [3.63, 3.8) is 0 Å². The highest BCUT2D eigenvalue weighted by Gasteiger charge is 2.38. The molecule has 1 fully saturated rings. The minimum Gasteiger partial charge on any atom is -0.467 e. The van der Waals surface area contributed by atoms with Crippen molar-refractivity contribution in [3.05, 3.63) is 88.1 Å². The van der Waals surface area contributed by atoms with Gasteiger partial charge in [-0.05, 0) is 31.2 Å². The standard InChI is InChI=1S/C29H24FN9O3/c1-15-19(11-31)25(37-28(32)35-15)38-14-18(40)10-22(38)26-36-21-9-8-20(30)23(16-12-33-29(42-2)34-13-16)24(21)27(41)39(26)17-6-4-3-5-7-17/h3-9,12-13,18,22,40H,10,14H2,1-2H3,(H2,32,35,37)/t18-,22-/m1/s1. The zero-order chi connectivity index (χ0) is 29.5. The quantitative estimate of drug-likeness (QED) is 0.321. The van der Waals surface area contributed by atoms with Crippen LogP contribution in [0.25, 0.3) is 27.7 Å². The summed E-state index contributed by atoms with van der Waals surface area (Å²) in [7, 11) is 1.41. The molecule has 0 unspecified atom stereocenters. The zero-order valence-corrected chi connectivity index (χ0v) is 22.6. The number of methoxy groups -OCH3 is 1. The van der Waals surface area contributed by atoms with Crippen molar-refractivity contribution < 1.29 is 14.2 Å². The Morgan fingerprint density at radius 2 is 1.86 bits per heavy atom. The molecule has 0 amide bonds. The Balaban J connectivity index is 1.65. The summed E-state index contributed by atoms with van der Waals surface area (Å²) in [6.07, 6.45) is 2.11. The lowest BCUT2D eigenvalue weighted by atomic mass is 10.0. The topological polar surface area (TPSA) is 169 Å². The Morgan fingerprint density at radius 3 is 2.55 bits per heavy atom. The Labute approximate surface area is 238 Å². The van der Waals surface area contributed by atoms with Gasteiger partial charge in [-0.2, -0.15) is 10.2 Å². The number of aromatic nitrogens is 6. The Hall–Kier alpha value is -5.48. The maximum atomic E-state index is 15.4. The van der Waals surface area contributed by atoms with Crippen LogP contribution in [0.2, 0.25) is 0 Å². The number of ether oxygens (including phenoxy) is 1. The largest absolute Gasteiger partial charge is 0.467 e. The van der Waals surface area contributed by atoms with E-state index in [4.69, 9.17) is 15.5 Å². The molecule has 4 heterocycles. The van der Waals surface area contributed by atoms with Crippen molar-refractivity contribution in [2.75, 3.05) is 24.3 Å². The number of aliphatic hydroxyl groups is 1. The normalized spacial score (nSPS) is 16.5. The minimum absolute atomic E-state index is 0.00170. The van der Waals surface area contributed by atoms with Crippen molar-refractivity contribution in [3.8, 4) is 28.9 Å². The van der Waals surface area contributed by atoms with Gasteiger partial charge in [-0.15, -0.1) is 0 Å². The van der Waals surface area contributed by atoms with E-state index in [1.165, 1.54) is 36.2 Å².